The predicted molar refractivity (Wildman–Crippen MR) is 66.3 cm³/mol. The van der Waals surface area contributed by atoms with Crippen LogP contribution in [0.1, 0.15) is 33.6 Å². The first-order valence-electron chi connectivity index (χ1n) is 6.10. The third kappa shape index (κ3) is 4.73. The molecule has 5 nitrogen and oxygen atoms in total. The van der Waals surface area contributed by atoms with Crippen molar-refractivity contribution in [1.29, 1.82) is 0 Å². The van der Waals surface area contributed by atoms with E-state index >= 15 is 0 Å². The number of hydrogen-bond donors (Lipinski definition) is 2. The SMILES string of the molecule is CC(C)(C)C(=O)NC1CCN(CC(N)=O)CC1. The lowest BCUT2D eigenvalue weighted by atomic mass is 9.94. The zero-order chi connectivity index (χ0) is 13.1. The van der Waals surface area contributed by atoms with Crippen LogP contribution in [0.15, 0.2) is 0 Å². The van der Waals surface area contributed by atoms with Gasteiger partial charge in [0, 0.05) is 24.5 Å². The number of nitrogens with zero attached hydrogens (tertiary/aromatic N) is 1. The van der Waals surface area contributed by atoms with Crippen LogP contribution in [0.4, 0.5) is 0 Å². The first-order chi connectivity index (χ1) is 7.79. The Morgan fingerprint density at radius 3 is 2.24 bits per heavy atom. The largest absolute Gasteiger partial charge is 0.369 e. The molecule has 0 unspecified atom stereocenters. The topological polar surface area (TPSA) is 75.4 Å². The summed E-state index contributed by atoms with van der Waals surface area (Å²) in [5.74, 6) is -0.201. The van der Waals surface area contributed by atoms with Gasteiger partial charge < -0.3 is 11.1 Å². The van der Waals surface area contributed by atoms with Gasteiger partial charge >= 0.3 is 0 Å². The van der Waals surface area contributed by atoms with E-state index in [1.165, 1.54) is 0 Å². The van der Waals surface area contributed by atoms with Gasteiger partial charge in [-0.2, -0.15) is 0 Å². The van der Waals surface area contributed by atoms with E-state index in [9.17, 15) is 9.59 Å². The first kappa shape index (κ1) is 14.0. The third-order valence-corrected chi connectivity index (χ3v) is 2.98. The van der Waals surface area contributed by atoms with Crippen molar-refractivity contribution in [1.82, 2.24) is 10.2 Å². The quantitative estimate of drug-likeness (QED) is 0.735. The van der Waals surface area contributed by atoms with Crippen LogP contribution in [0.5, 0.6) is 0 Å². The number of nitrogens with one attached hydrogen (secondary N) is 1. The van der Waals surface area contributed by atoms with Crippen LogP contribution < -0.4 is 11.1 Å². The van der Waals surface area contributed by atoms with E-state index in [4.69, 9.17) is 5.73 Å². The van der Waals surface area contributed by atoms with E-state index in [2.05, 4.69) is 5.32 Å². The highest BCUT2D eigenvalue weighted by molar-refractivity contribution is 5.81. The molecule has 0 aromatic carbocycles. The van der Waals surface area contributed by atoms with E-state index < -0.39 is 0 Å². The summed E-state index contributed by atoms with van der Waals surface area (Å²) in [7, 11) is 0. The standard InChI is InChI=1S/C12H23N3O2/c1-12(2,3)11(17)14-9-4-6-15(7-5-9)8-10(13)16/h9H,4-8H2,1-3H3,(H2,13,16)(H,14,17). The van der Waals surface area contributed by atoms with Crippen LogP contribution in [-0.2, 0) is 9.59 Å². The minimum Gasteiger partial charge on any atom is -0.369 e. The molecular weight excluding hydrogens is 218 g/mol. The highest BCUT2D eigenvalue weighted by Crippen LogP contribution is 2.16. The molecule has 1 fully saturated rings. The maximum atomic E-state index is 11.8. The summed E-state index contributed by atoms with van der Waals surface area (Å²) >= 11 is 0. The van der Waals surface area contributed by atoms with Crippen LogP contribution in [0.2, 0.25) is 0 Å². The van der Waals surface area contributed by atoms with Crippen LogP contribution in [0.3, 0.4) is 0 Å². The van der Waals surface area contributed by atoms with Gasteiger partial charge in [0.25, 0.3) is 0 Å². The Bertz CT molecular complexity index is 289. The fourth-order valence-electron chi connectivity index (χ4n) is 1.86. The summed E-state index contributed by atoms with van der Waals surface area (Å²) in [5.41, 5.74) is 4.80. The molecule has 0 bridgehead atoms. The molecule has 0 aromatic rings. The second-order valence-electron chi connectivity index (χ2n) is 5.74. The number of primary amides is 1. The molecule has 0 aromatic heterocycles. The highest BCUT2D eigenvalue weighted by atomic mass is 16.2. The lowest BCUT2D eigenvalue weighted by molar-refractivity contribution is -0.129. The number of amides is 2. The summed E-state index contributed by atoms with van der Waals surface area (Å²) in [5, 5.41) is 3.05. The van der Waals surface area contributed by atoms with E-state index in [1.807, 2.05) is 25.7 Å². The fourth-order valence-corrected chi connectivity index (χ4v) is 1.86. The van der Waals surface area contributed by atoms with Crippen molar-refractivity contribution in [2.45, 2.75) is 39.7 Å². The highest BCUT2D eigenvalue weighted by Gasteiger charge is 2.26. The molecule has 0 radical (unpaired) electrons. The Balaban J connectivity index is 2.33. The number of carbonyl (C=O) groups is 2. The normalized spacial score (nSPS) is 19.0. The van der Waals surface area contributed by atoms with Gasteiger partial charge in [-0.15, -0.1) is 0 Å². The summed E-state index contributed by atoms with van der Waals surface area (Å²) in [6.45, 7) is 7.68. The molecule has 0 aliphatic carbocycles. The third-order valence-electron chi connectivity index (χ3n) is 2.98. The molecule has 0 atom stereocenters. The van der Waals surface area contributed by atoms with Crippen LogP contribution in [0, 0.1) is 5.41 Å². The van der Waals surface area contributed by atoms with E-state index in [1.54, 1.807) is 0 Å². The Morgan fingerprint density at radius 2 is 1.82 bits per heavy atom. The number of hydrogen-bond acceptors (Lipinski definition) is 3. The predicted octanol–water partition coefficient (Wildman–Crippen LogP) is 0.0984. The van der Waals surface area contributed by atoms with Crippen molar-refractivity contribution in [3.63, 3.8) is 0 Å². The summed E-state index contributed by atoms with van der Waals surface area (Å²) in [4.78, 5) is 24.6. The lowest BCUT2D eigenvalue weighted by Gasteiger charge is -2.33. The first-order valence-corrected chi connectivity index (χ1v) is 6.10. The minimum atomic E-state index is -0.343. The van der Waals surface area contributed by atoms with Gasteiger partial charge in [0.2, 0.25) is 11.8 Å². The van der Waals surface area contributed by atoms with Crippen molar-refractivity contribution in [2.24, 2.45) is 11.1 Å². The molecule has 1 heterocycles. The summed E-state index contributed by atoms with van der Waals surface area (Å²) in [6, 6.07) is 0.228. The fraction of sp³-hybridized carbons (Fsp3) is 0.833. The second-order valence-corrected chi connectivity index (χ2v) is 5.74. The van der Waals surface area contributed by atoms with Gasteiger partial charge in [-0.3, -0.25) is 14.5 Å². The molecule has 1 rings (SSSR count). The van der Waals surface area contributed by atoms with Crippen molar-refractivity contribution in [2.75, 3.05) is 19.6 Å². The average Bonchev–Trinajstić information content (AvgIpc) is 2.18. The Hall–Kier alpha value is -1.10. The summed E-state index contributed by atoms with van der Waals surface area (Å²) in [6.07, 6.45) is 1.77. The molecular formula is C12H23N3O2. The maximum absolute atomic E-state index is 11.8. The molecule has 1 aliphatic rings. The van der Waals surface area contributed by atoms with Gasteiger partial charge in [-0.25, -0.2) is 0 Å². The van der Waals surface area contributed by atoms with Crippen molar-refractivity contribution in [3.05, 3.63) is 0 Å². The molecule has 2 amide bonds. The molecule has 0 saturated carbocycles. The van der Waals surface area contributed by atoms with Gasteiger partial charge in [-0.1, -0.05) is 20.8 Å². The average molecular weight is 241 g/mol. The maximum Gasteiger partial charge on any atom is 0.231 e. The van der Waals surface area contributed by atoms with Gasteiger partial charge in [0.1, 0.15) is 0 Å². The molecule has 17 heavy (non-hydrogen) atoms. The van der Waals surface area contributed by atoms with Crippen LogP contribution in [-0.4, -0.2) is 42.4 Å². The molecule has 1 aliphatic heterocycles. The number of piperidine rings is 1. The number of likely N-dealkylation sites (tertiary alicyclic amines) is 1. The van der Waals surface area contributed by atoms with Crippen LogP contribution in [0.25, 0.3) is 0 Å². The van der Waals surface area contributed by atoms with Crippen molar-refractivity contribution in [3.8, 4) is 0 Å². The molecule has 3 N–H and O–H groups in total. The number of rotatable bonds is 3. The molecule has 5 heteroatoms. The smallest absolute Gasteiger partial charge is 0.231 e. The second kappa shape index (κ2) is 5.49. The van der Waals surface area contributed by atoms with Crippen molar-refractivity contribution < 1.29 is 9.59 Å². The van der Waals surface area contributed by atoms with Gasteiger partial charge in [-0.05, 0) is 12.8 Å². The number of carbonyl (C=O) groups excluding carboxylic acids is 2. The van der Waals surface area contributed by atoms with E-state index in [-0.39, 0.29) is 23.3 Å². The molecule has 98 valence electrons. The minimum absolute atomic E-state index is 0.0888. The number of nitrogens with two attached hydrogens (primary N) is 1. The Morgan fingerprint density at radius 1 is 1.29 bits per heavy atom. The van der Waals surface area contributed by atoms with Crippen molar-refractivity contribution >= 4 is 11.8 Å². The van der Waals surface area contributed by atoms with Gasteiger partial charge in [0.15, 0.2) is 0 Å². The van der Waals surface area contributed by atoms with Gasteiger partial charge in [0.05, 0.1) is 6.54 Å². The zero-order valence-corrected chi connectivity index (χ0v) is 11.0. The summed E-state index contributed by atoms with van der Waals surface area (Å²) < 4.78 is 0. The monoisotopic (exact) mass is 241 g/mol. The van der Waals surface area contributed by atoms with Crippen LogP contribution >= 0.6 is 0 Å². The Labute approximate surface area is 103 Å². The van der Waals surface area contributed by atoms with E-state index in [0.717, 1.165) is 25.9 Å². The Kier molecular flexibility index (Phi) is 4.51. The zero-order valence-electron chi connectivity index (χ0n) is 11.0. The van der Waals surface area contributed by atoms with E-state index in [0.29, 0.717) is 6.54 Å². The molecule has 1 saturated heterocycles. The lowest BCUT2D eigenvalue weighted by Crippen LogP contribution is -2.49. The molecule has 0 spiro atoms.